The van der Waals surface area contributed by atoms with E-state index in [0.717, 1.165) is 15.8 Å². The zero-order chi connectivity index (χ0) is 40.0. The third kappa shape index (κ3) is 10.1. The zero-order valence-corrected chi connectivity index (χ0v) is 31.2. The number of amides is 5. The van der Waals surface area contributed by atoms with Gasteiger partial charge in [-0.25, -0.2) is 4.98 Å². The van der Waals surface area contributed by atoms with Crippen LogP contribution in [0.2, 0.25) is 0 Å². The molecule has 5 rings (SSSR count). The monoisotopic (exact) mass is 763 g/mol. The van der Waals surface area contributed by atoms with Gasteiger partial charge in [0, 0.05) is 48.3 Å². The van der Waals surface area contributed by atoms with Crippen LogP contribution in [0.4, 0.5) is 0 Å². The number of aliphatic carboxylic acids is 1. The maximum absolute atomic E-state index is 14.3. The van der Waals surface area contributed by atoms with Gasteiger partial charge in [-0.1, -0.05) is 45.9 Å². The van der Waals surface area contributed by atoms with Crippen LogP contribution in [0.3, 0.4) is 0 Å². The van der Waals surface area contributed by atoms with Gasteiger partial charge in [0.15, 0.2) is 0 Å². The second-order valence-electron chi connectivity index (χ2n) is 14.9. The summed E-state index contributed by atoms with van der Waals surface area (Å²) in [6, 6.07) is -0.439. The number of nitrogens with two attached hydrogens (primary N) is 1. The highest BCUT2D eigenvalue weighted by Crippen LogP contribution is 2.25. The number of fused-ring (bicyclic) bond motifs is 2. The predicted molar refractivity (Wildman–Crippen MR) is 197 cm³/mol. The largest absolute Gasteiger partial charge is 0.481 e. The van der Waals surface area contributed by atoms with Crippen LogP contribution in [0, 0.1) is 11.8 Å². The second-order valence-corrected chi connectivity index (χ2v) is 14.9. The number of hydrogen-bond acceptors (Lipinski definition) is 10. The number of para-hydroxylation sites is 1. The van der Waals surface area contributed by atoms with Crippen molar-refractivity contribution >= 4 is 52.4 Å². The Bertz CT molecular complexity index is 1890. The third-order valence-electron chi connectivity index (χ3n) is 9.74. The standard InChI is InChI=1S/C37H49N9O9/c1-18(2)9-26-32(49)42-27(10-20-14-40-25-8-6-5-7-23(20)25)33(50)44-28(13-30(47)48)36(53)46-16-22(55-37(54)24(38)11-21-15-39-17-41-21)12-29(46)34(51)45-31(19(3)4)35(52)43-26/h5-8,14-15,17-19,22,24,26-29,31,40H,9-13,16,38H2,1-4H3,(H,39,41)(H,42,49)(H,43,52)(H,44,50)(H,45,51)(H,47,48). The Morgan fingerprint density at radius 1 is 0.927 bits per heavy atom. The average Bonchev–Trinajstić information content (AvgIpc) is 3.89. The summed E-state index contributed by atoms with van der Waals surface area (Å²) in [5.74, 6) is -6.72. The molecule has 1 aromatic carbocycles. The Balaban J connectivity index is 1.51. The lowest BCUT2D eigenvalue weighted by Gasteiger charge is -2.30. The lowest BCUT2D eigenvalue weighted by Crippen LogP contribution is -2.59. The number of esters is 1. The summed E-state index contributed by atoms with van der Waals surface area (Å²) < 4.78 is 5.66. The number of aromatic nitrogens is 3. The van der Waals surface area contributed by atoms with Crippen LogP contribution >= 0.6 is 0 Å². The number of nitrogens with one attached hydrogen (secondary N) is 6. The van der Waals surface area contributed by atoms with Gasteiger partial charge in [0.25, 0.3) is 0 Å². The Hall–Kier alpha value is -5.78. The Kier molecular flexibility index (Phi) is 12.9. The number of imidazole rings is 1. The summed E-state index contributed by atoms with van der Waals surface area (Å²) in [5.41, 5.74) is 8.10. The van der Waals surface area contributed by atoms with E-state index < -0.39 is 96.2 Å². The van der Waals surface area contributed by atoms with E-state index in [4.69, 9.17) is 10.5 Å². The van der Waals surface area contributed by atoms with Crippen molar-refractivity contribution in [2.75, 3.05) is 6.54 Å². The molecule has 0 aliphatic carbocycles. The normalized spacial score (nSPS) is 24.7. The molecular weight excluding hydrogens is 714 g/mol. The van der Waals surface area contributed by atoms with Crippen molar-refractivity contribution in [3.63, 3.8) is 0 Å². The third-order valence-corrected chi connectivity index (χ3v) is 9.74. The minimum absolute atomic E-state index is 0.0598. The maximum atomic E-state index is 14.3. The summed E-state index contributed by atoms with van der Waals surface area (Å²) in [6.07, 6.45) is 2.70. The van der Waals surface area contributed by atoms with E-state index in [1.807, 2.05) is 38.1 Å². The Morgan fingerprint density at radius 3 is 2.29 bits per heavy atom. The van der Waals surface area contributed by atoms with Crippen molar-refractivity contribution in [1.29, 1.82) is 0 Å². The fourth-order valence-corrected chi connectivity index (χ4v) is 6.94. The number of carboxylic acid groups (broad SMARTS) is 1. The molecule has 0 bridgehead atoms. The fourth-order valence-electron chi connectivity index (χ4n) is 6.94. The maximum Gasteiger partial charge on any atom is 0.323 e. The van der Waals surface area contributed by atoms with Crippen LogP contribution in [0.25, 0.3) is 10.9 Å². The number of rotatable bonds is 11. The number of nitrogens with zero attached hydrogens (tertiary/aromatic N) is 2. The first kappa shape index (κ1) is 40.4. The summed E-state index contributed by atoms with van der Waals surface area (Å²) in [6.45, 7) is 6.77. The van der Waals surface area contributed by atoms with E-state index >= 15 is 0 Å². The van der Waals surface area contributed by atoms with E-state index in [1.54, 1.807) is 20.0 Å². The van der Waals surface area contributed by atoms with Gasteiger partial charge >= 0.3 is 11.9 Å². The molecule has 55 heavy (non-hydrogen) atoms. The van der Waals surface area contributed by atoms with Crippen LogP contribution in [0.5, 0.6) is 0 Å². The molecule has 3 aromatic rings. The summed E-state index contributed by atoms with van der Waals surface area (Å²) >= 11 is 0. The molecule has 0 saturated carbocycles. The first-order valence-corrected chi connectivity index (χ1v) is 18.3. The first-order valence-electron chi connectivity index (χ1n) is 18.3. The highest BCUT2D eigenvalue weighted by molar-refractivity contribution is 5.99. The molecule has 9 N–H and O–H groups in total. The van der Waals surface area contributed by atoms with Crippen molar-refractivity contribution in [1.82, 2.24) is 41.1 Å². The smallest absolute Gasteiger partial charge is 0.323 e. The van der Waals surface area contributed by atoms with E-state index in [-0.39, 0.29) is 38.1 Å². The Morgan fingerprint density at radius 2 is 1.62 bits per heavy atom. The zero-order valence-electron chi connectivity index (χ0n) is 31.2. The number of carbonyl (C=O) groups is 7. The lowest BCUT2D eigenvalue weighted by molar-refractivity contribution is -0.151. The van der Waals surface area contributed by atoms with Crippen molar-refractivity contribution < 1.29 is 43.4 Å². The minimum Gasteiger partial charge on any atom is -0.481 e. The molecule has 2 saturated heterocycles. The van der Waals surface area contributed by atoms with Crippen molar-refractivity contribution in [2.45, 2.75) is 102 Å². The van der Waals surface area contributed by atoms with E-state index in [1.165, 1.54) is 12.5 Å². The van der Waals surface area contributed by atoms with Gasteiger partial charge in [-0.05, 0) is 29.9 Å². The van der Waals surface area contributed by atoms with Gasteiger partial charge in [0.2, 0.25) is 29.5 Å². The number of carboxylic acids is 1. The molecule has 2 aromatic heterocycles. The van der Waals surface area contributed by atoms with E-state index in [2.05, 4.69) is 36.2 Å². The van der Waals surface area contributed by atoms with Crippen LogP contribution in [-0.2, 0) is 51.1 Å². The minimum atomic E-state index is -1.70. The van der Waals surface area contributed by atoms with Crippen molar-refractivity contribution in [3.05, 3.63) is 54.2 Å². The van der Waals surface area contributed by atoms with Gasteiger partial charge in [-0.2, -0.15) is 0 Å². The molecule has 7 atom stereocenters. The first-order chi connectivity index (χ1) is 26.1. The second kappa shape index (κ2) is 17.6. The number of aromatic amines is 2. The molecule has 2 aliphatic heterocycles. The quantitative estimate of drug-likeness (QED) is 0.117. The molecule has 7 unspecified atom stereocenters. The molecule has 4 heterocycles. The number of carbonyl (C=O) groups excluding carboxylic acids is 6. The molecule has 0 spiro atoms. The number of hydrogen-bond donors (Lipinski definition) is 8. The highest BCUT2D eigenvalue weighted by Gasteiger charge is 2.46. The van der Waals surface area contributed by atoms with Crippen LogP contribution in [0.15, 0.2) is 43.0 Å². The molecule has 2 aliphatic rings. The molecule has 296 valence electrons. The summed E-state index contributed by atoms with van der Waals surface area (Å²) in [5, 5.41) is 21.4. The highest BCUT2D eigenvalue weighted by atomic mass is 16.5. The Labute approximate surface area is 317 Å². The average molecular weight is 764 g/mol. The molecule has 18 heteroatoms. The van der Waals surface area contributed by atoms with Gasteiger partial charge < -0.3 is 51.7 Å². The number of H-pyrrole nitrogens is 2. The van der Waals surface area contributed by atoms with E-state index in [0.29, 0.717) is 11.3 Å². The lowest BCUT2D eigenvalue weighted by atomic mass is 9.98. The predicted octanol–water partition coefficient (Wildman–Crippen LogP) is -0.354. The molecule has 5 amide bonds. The van der Waals surface area contributed by atoms with Gasteiger partial charge in [-0.15, -0.1) is 0 Å². The number of benzene rings is 1. The van der Waals surface area contributed by atoms with Gasteiger partial charge in [0.1, 0.15) is 42.4 Å². The summed E-state index contributed by atoms with van der Waals surface area (Å²) in [7, 11) is 0. The number of ether oxygens (including phenoxy) is 1. The van der Waals surface area contributed by atoms with E-state index in [9.17, 15) is 38.7 Å². The van der Waals surface area contributed by atoms with Crippen molar-refractivity contribution in [2.24, 2.45) is 17.6 Å². The summed E-state index contributed by atoms with van der Waals surface area (Å²) in [4.78, 5) is 106. The van der Waals surface area contributed by atoms with Crippen LogP contribution in [-0.4, -0.2) is 115 Å². The van der Waals surface area contributed by atoms with Gasteiger partial charge in [-0.3, -0.25) is 33.6 Å². The molecule has 2 fully saturated rings. The van der Waals surface area contributed by atoms with Crippen molar-refractivity contribution in [3.8, 4) is 0 Å². The fraction of sp³-hybridized carbons (Fsp3) is 0.514. The molecule has 18 nitrogen and oxygen atoms in total. The molecule has 0 radical (unpaired) electrons. The SMILES string of the molecule is CC(C)CC1NC(=O)C(C(C)C)NC(=O)C2CC(OC(=O)C(N)Cc3cnc[nH]3)CN2C(=O)C(CC(=O)O)NC(=O)C(Cc2c[nH]c3ccccc23)NC1=O. The van der Waals surface area contributed by atoms with Crippen LogP contribution in [0.1, 0.15) is 58.2 Å². The molecular formula is C37H49N9O9. The van der Waals surface area contributed by atoms with Gasteiger partial charge in [0.05, 0.1) is 19.3 Å². The van der Waals surface area contributed by atoms with Crippen LogP contribution < -0.4 is 27.0 Å². The topological polar surface area (TPSA) is 271 Å².